The van der Waals surface area contributed by atoms with Crippen molar-refractivity contribution in [3.63, 3.8) is 0 Å². The van der Waals surface area contributed by atoms with E-state index in [0.717, 1.165) is 16.7 Å². The fraction of sp³-hybridized carbons (Fsp3) is 0.333. The van der Waals surface area contributed by atoms with E-state index in [-0.39, 0.29) is 30.7 Å². The maximum atomic E-state index is 14.0. The number of carbonyl (C=O) groups excluding carboxylic acids is 2. The van der Waals surface area contributed by atoms with Crippen LogP contribution in [0, 0.1) is 0 Å². The Labute approximate surface area is 214 Å². The minimum Gasteiger partial charge on any atom is -0.350 e. The van der Waals surface area contributed by atoms with Gasteiger partial charge in [-0.15, -0.1) is 0 Å². The van der Waals surface area contributed by atoms with E-state index < -0.39 is 11.6 Å². The molecule has 0 aromatic heterocycles. The summed E-state index contributed by atoms with van der Waals surface area (Å²) in [5.41, 5.74) is 2.55. The summed E-state index contributed by atoms with van der Waals surface area (Å²) in [7, 11) is 0. The smallest absolute Gasteiger partial charge is 0.243 e. The number of nitrogens with one attached hydrogen (secondary N) is 1. The molecule has 0 radical (unpaired) electrons. The topological polar surface area (TPSA) is 49.4 Å². The van der Waals surface area contributed by atoms with Gasteiger partial charge in [0.05, 0.1) is 0 Å². The van der Waals surface area contributed by atoms with Crippen molar-refractivity contribution in [3.8, 4) is 0 Å². The normalized spacial score (nSPS) is 12.3. The van der Waals surface area contributed by atoms with Crippen molar-refractivity contribution in [3.05, 3.63) is 107 Å². The first-order valence-corrected chi connectivity index (χ1v) is 12.5. The highest BCUT2D eigenvalue weighted by atomic mass is 35.5. The molecule has 0 spiro atoms. The van der Waals surface area contributed by atoms with Crippen LogP contribution in [0.4, 0.5) is 0 Å². The second-order valence-corrected chi connectivity index (χ2v) is 10.3. The number of hydrogen-bond donors (Lipinski definition) is 1. The van der Waals surface area contributed by atoms with Crippen molar-refractivity contribution < 1.29 is 9.59 Å². The third-order valence-corrected chi connectivity index (χ3v) is 6.33. The summed E-state index contributed by atoms with van der Waals surface area (Å²) in [6.07, 6.45) is 0.747. The molecule has 0 aliphatic rings. The van der Waals surface area contributed by atoms with Gasteiger partial charge in [-0.3, -0.25) is 9.59 Å². The third kappa shape index (κ3) is 7.43. The van der Waals surface area contributed by atoms with Crippen molar-refractivity contribution in [1.82, 2.24) is 10.2 Å². The van der Waals surface area contributed by atoms with Gasteiger partial charge in [0.25, 0.3) is 0 Å². The van der Waals surface area contributed by atoms with Crippen LogP contribution in [0.5, 0.6) is 0 Å². The van der Waals surface area contributed by atoms with Crippen LogP contribution in [-0.4, -0.2) is 28.3 Å². The maximum absolute atomic E-state index is 14.0. The van der Waals surface area contributed by atoms with Gasteiger partial charge in [0.2, 0.25) is 11.8 Å². The average molecular weight is 491 g/mol. The Balaban J connectivity index is 1.98. The van der Waals surface area contributed by atoms with Gasteiger partial charge >= 0.3 is 0 Å². The summed E-state index contributed by atoms with van der Waals surface area (Å²) in [5, 5.41) is 3.64. The van der Waals surface area contributed by atoms with Crippen LogP contribution in [-0.2, 0) is 16.1 Å². The molecule has 1 N–H and O–H groups in total. The van der Waals surface area contributed by atoms with Gasteiger partial charge in [-0.25, -0.2) is 0 Å². The van der Waals surface area contributed by atoms with Gasteiger partial charge in [-0.1, -0.05) is 97.4 Å². The van der Waals surface area contributed by atoms with E-state index in [0.29, 0.717) is 11.4 Å². The number of halogens is 1. The molecule has 184 valence electrons. The van der Waals surface area contributed by atoms with Gasteiger partial charge in [0, 0.05) is 29.4 Å². The Morgan fingerprint density at radius 3 is 1.86 bits per heavy atom. The Morgan fingerprint density at radius 2 is 1.37 bits per heavy atom. The molecule has 0 aliphatic heterocycles. The molecule has 3 aromatic carbocycles. The Hall–Kier alpha value is -3.11. The zero-order valence-electron chi connectivity index (χ0n) is 21.0. The van der Waals surface area contributed by atoms with Crippen LogP contribution in [0.1, 0.15) is 63.1 Å². The van der Waals surface area contributed by atoms with E-state index in [1.165, 1.54) is 0 Å². The number of nitrogens with zero attached hydrogens (tertiary/aromatic N) is 1. The number of amides is 2. The Kier molecular flexibility index (Phi) is 9.11. The van der Waals surface area contributed by atoms with Crippen molar-refractivity contribution in [2.75, 3.05) is 0 Å². The number of hydrogen-bond acceptors (Lipinski definition) is 2. The van der Waals surface area contributed by atoms with Crippen LogP contribution >= 0.6 is 11.6 Å². The van der Waals surface area contributed by atoms with Crippen molar-refractivity contribution >= 4 is 23.4 Å². The Bertz CT molecular complexity index is 1070. The zero-order valence-corrected chi connectivity index (χ0v) is 21.8. The highest BCUT2D eigenvalue weighted by molar-refractivity contribution is 6.31. The first-order valence-electron chi connectivity index (χ1n) is 12.1. The lowest BCUT2D eigenvalue weighted by molar-refractivity contribution is -0.142. The highest BCUT2D eigenvalue weighted by Gasteiger charge is 2.32. The molecule has 0 fully saturated rings. The summed E-state index contributed by atoms with van der Waals surface area (Å²) in [6.45, 7) is 8.03. The standard InChI is InChI=1S/C30H35ClN2O2/c1-5-27(29(35)32-30(2,3)4)33(21-24-18-12-13-19-26(24)31)28(34)20-25(22-14-8-6-9-15-22)23-16-10-7-11-17-23/h6-19,25,27H,5,20-21H2,1-4H3,(H,32,35). The maximum Gasteiger partial charge on any atom is 0.243 e. The van der Waals surface area contributed by atoms with Crippen molar-refractivity contribution in [1.29, 1.82) is 0 Å². The second kappa shape index (κ2) is 12.0. The zero-order chi connectivity index (χ0) is 25.4. The van der Waals surface area contributed by atoms with E-state index in [1.807, 2.05) is 113 Å². The van der Waals surface area contributed by atoms with Crippen molar-refractivity contribution in [2.24, 2.45) is 0 Å². The molecule has 5 heteroatoms. The predicted octanol–water partition coefficient (Wildman–Crippen LogP) is 6.58. The van der Waals surface area contributed by atoms with Crippen LogP contribution in [0.15, 0.2) is 84.9 Å². The molecule has 1 unspecified atom stereocenters. The highest BCUT2D eigenvalue weighted by Crippen LogP contribution is 2.30. The fourth-order valence-corrected chi connectivity index (χ4v) is 4.47. The van der Waals surface area contributed by atoms with Crippen molar-refractivity contribution in [2.45, 2.75) is 64.6 Å². The molecule has 0 saturated carbocycles. The van der Waals surface area contributed by atoms with Gasteiger partial charge in [-0.2, -0.15) is 0 Å². The second-order valence-electron chi connectivity index (χ2n) is 9.85. The SMILES string of the molecule is CCC(C(=O)NC(C)(C)C)N(Cc1ccccc1Cl)C(=O)CC(c1ccccc1)c1ccccc1. The molecule has 0 heterocycles. The molecule has 0 bridgehead atoms. The monoisotopic (exact) mass is 490 g/mol. The number of rotatable bonds is 9. The van der Waals surface area contributed by atoms with E-state index in [9.17, 15) is 9.59 Å². The van der Waals surface area contributed by atoms with E-state index in [1.54, 1.807) is 4.90 Å². The lowest BCUT2D eigenvalue weighted by Gasteiger charge is -2.34. The van der Waals surface area contributed by atoms with E-state index in [4.69, 9.17) is 11.6 Å². The van der Waals surface area contributed by atoms with Crippen LogP contribution in [0.2, 0.25) is 5.02 Å². The number of carbonyl (C=O) groups is 2. The molecule has 35 heavy (non-hydrogen) atoms. The first-order chi connectivity index (χ1) is 16.7. The summed E-state index contributed by atoms with van der Waals surface area (Å²) in [6, 6.07) is 27.0. The lowest BCUT2D eigenvalue weighted by Crippen LogP contribution is -2.53. The third-order valence-electron chi connectivity index (χ3n) is 5.97. The van der Waals surface area contributed by atoms with Gasteiger partial charge in [0.1, 0.15) is 6.04 Å². The molecule has 3 rings (SSSR count). The van der Waals surface area contributed by atoms with Gasteiger partial charge in [0.15, 0.2) is 0 Å². The Morgan fingerprint density at radius 1 is 0.857 bits per heavy atom. The molecule has 2 amide bonds. The van der Waals surface area contributed by atoms with E-state index >= 15 is 0 Å². The first kappa shape index (κ1) is 26.5. The molecule has 3 aromatic rings. The molecule has 4 nitrogen and oxygen atoms in total. The van der Waals surface area contributed by atoms with Crippen LogP contribution in [0.3, 0.4) is 0 Å². The minimum atomic E-state index is -0.606. The number of benzene rings is 3. The summed E-state index contributed by atoms with van der Waals surface area (Å²) < 4.78 is 0. The molecule has 0 saturated heterocycles. The largest absolute Gasteiger partial charge is 0.350 e. The van der Waals surface area contributed by atoms with Crippen LogP contribution in [0.25, 0.3) is 0 Å². The molecular formula is C30H35ClN2O2. The molecule has 1 atom stereocenters. The predicted molar refractivity (Wildman–Crippen MR) is 143 cm³/mol. The lowest BCUT2D eigenvalue weighted by atomic mass is 9.88. The average Bonchev–Trinajstić information content (AvgIpc) is 2.83. The van der Waals surface area contributed by atoms with Gasteiger partial charge < -0.3 is 10.2 Å². The fourth-order valence-electron chi connectivity index (χ4n) is 4.27. The molecular weight excluding hydrogens is 456 g/mol. The minimum absolute atomic E-state index is 0.0847. The molecule has 0 aliphatic carbocycles. The summed E-state index contributed by atoms with van der Waals surface area (Å²) in [5.74, 6) is -0.364. The summed E-state index contributed by atoms with van der Waals surface area (Å²) >= 11 is 6.47. The van der Waals surface area contributed by atoms with Crippen LogP contribution < -0.4 is 5.32 Å². The quantitative estimate of drug-likeness (QED) is 0.368. The van der Waals surface area contributed by atoms with Gasteiger partial charge in [-0.05, 0) is 49.9 Å². The van der Waals surface area contributed by atoms with E-state index in [2.05, 4.69) is 5.32 Å². The summed E-state index contributed by atoms with van der Waals surface area (Å²) in [4.78, 5) is 29.0.